The van der Waals surface area contributed by atoms with Crippen molar-refractivity contribution < 1.29 is 14.3 Å². The van der Waals surface area contributed by atoms with Crippen molar-refractivity contribution in [2.24, 2.45) is 5.92 Å². The van der Waals surface area contributed by atoms with Crippen molar-refractivity contribution in [3.05, 3.63) is 24.3 Å². The Morgan fingerprint density at radius 2 is 2.08 bits per heavy atom. The molecular weight excluding hydrogens is 304 g/mol. The van der Waals surface area contributed by atoms with Gasteiger partial charge in [-0.1, -0.05) is 12.1 Å². The Kier molecular flexibility index (Phi) is 7.37. The first kappa shape index (κ1) is 18.6. The Morgan fingerprint density at radius 3 is 2.79 bits per heavy atom. The highest BCUT2D eigenvalue weighted by molar-refractivity contribution is 5.76. The summed E-state index contributed by atoms with van der Waals surface area (Å²) in [5.74, 6) is 1.97. The molecule has 1 fully saturated rings. The fourth-order valence-corrected chi connectivity index (χ4v) is 3.07. The third-order valence-electron chi connectivity index (χ3n) is 4.52. The zero-order valence-corrected chi connectivity index (χ0v) is 15.1. The number of likely N-dealkylation sites (tertiary alicyclic amines) is 1. The van der Waals surface area contributed by atoms with Gasteiger partial charge in [0.2, 0.25) is 5.91 Å². The molecule has 2 rings (SSSR count). The molecule has 1 aliphatic heterocycles. The van der Waals surface area contributed by atoms with Crippen LogP contribution in [0.3, 0.4) is 0 Å². The molecule has 5 heteroatoms. The molecule has 1 atom stereocenters. The standard InChI is InChI=1S/C19H30N2O3/c1-15(2)21-11-6-7-16(14-21)13-20-19(22)10-12-24-18-9-5-4-8-17(18)23-3/h4-5,8-9,15-16H,6-7,10-14H2,1-3H3,(H,20,22). The topological polar surface area (TPSA) is 50.8 Å². The highest BCUT2D eigenvalue weighted by atomic mass is 16.5. The van der Waals surface area contributed by atoms with Crippen molar-refractivity contribution in [3.63, 3.8) is 0 Å². The van der Waals surface area contributed by atoms with E-state index in [0.29, 0.717) is 36.5 Å². The molecule has 5 nitrogen and oxygen atoms in total. The second-order valence-corrected chi connectivity index (χ2v) is 6.65. The number of methoxy groups -OCH3 is 1. The fraction of sp³-hybridized carbons (Fsp3) is 0.632. The van der Waals surface area contributed by atoms with E-state index in [-0.39, 0.29) is 5.91 Å². The molecule has 134 valence electrons. The smallest absolute Gasteiger partial charge is 0.223 e. The number of nitrogens with zero attached hydrogens (tertiary/aromatic N) is 1. The first-order valence-electron chi connectivity index (χ1n) is 8.86. The second kappa shape index (κ2) is 9.52. The number of benzene rings is 1. The predicted octanol–water partition coefficient (Wildman–Crippen LogP) is 2.70. The van der Waals surface area contributed by atoms with Gasteiger partial charge in [-0.15, -0.1) is 0 Å². The summed E-state index contributed by atoms with van der Waals surface area (Å²) in [6, 6.07) is 8.06. The summed E-state index contributed by atoms with van der Waals surface area (Å²) < 4.78 is 10.9. The van der Waals surface area contributed by atoms with Crippen LogP contribution in [0.15, 0.2) is 24.3 Å². The molecule has 0 aliphatic carbocycles. The molecule has 0 saturated carbocycles. The van der Waals surface area contributed by atoms with Crippen molar-refractivity contribution in [2.75, 3.05) is 33.4 Å². The molecule has 1 N–H and O–H groups in total. The minimum absolute atomic E-state index is 0.0477. The summed E-state index contributed by atoms with van der Waals surface area (Å²) in [5.41, 5.74) is 0. The van der Waals surface area contributed by atoms with Gasteiger partial charge in [-0.2, -0.15) is 0 Å². The summed E-state index contributed by atoms with van der Waals surface area (Å²) >= 11 is 0. The summed E-state index contributed by atoms with van der Waals surface area (Å²) in [7, 11) is 1.61. The SMILES string of the molecule is COc1ccccc1OCCC(=O)NCC1CCCN(C(C)C)C1. The van der Waals surface area contributed by atoms with Gasteiger partial charge in [-0.05, 0) is 51.3 Å². The molecule has 1 aromatic rings. The zero-order chi connectivity index (χ0) is 17.4. The lowest BCUT2D eigenvalue weighted by Crippen LogP contribution is -2.43. The van der Waals surface area contributed by atoms with Crippen LogP contribution >= 0.6 is 0 Å². The first-order chi connectivity index (χ1) is 11.6. The highest BCUT2D eigenvalue weighted by Gasteiger charge is 2.21. The lowest BCUT2D eigenvalue weighted by molar-refractivity contribution is -0.121. The van der Waals surface area contributed by atoms with E-state index >= 15 is 0 Å². The van der Waals surface area contributed by atoms with Gasteiger partial charge in [0.1, 0.15) is 0 Å². The van der Waals surface area contributed by atoms with E-state index < -0.39 is 0 Å². The van der Waals surface area contributed by atoms with Gasteiger partial charge in [0.05, 0.1) is 20.1 Å². The van der Waals surface area contributed by atoms with Crippen LogP contribution < -0.4 is 14.8 Å². The van der Waals surface area contributed by atoms with Crippen molar-refractivity contribution in [3.8, 4) is 11.5 Å². The van der Waals surface area contributed by atoms with Crippen molar-refractivity contribution in [1.29, 1.82) is 0 Å². The van der Waals surface area contributed by atoms with E-state index in [0.717, 1.165) is 13.1 Å². The number of para-hydroxylation sites is 2. The van der Waals surface area contributed by atoms with Crippen LogP contribution in [0.25, 0.3) is 0 Å². The zero-order valence-electron chi connectivity index (χ0n) is 15.1. The molecular formula is C19H30N2O3. The quantitative estimate of drug-likeness (QED) is 0.794. The maximum absolute atomic E-state index is 12.0. The number of carbonyl (C=O) groups is 1. The summed E-state index contributed by atoms with van der Waals surface area (Å²) in [4.78, 5) is 14.5. The predicted molar refractivity (Wildman–Crippen MR) is 95.5 cm³/mol. The first-order valence-corrected chi connectivity index (χ1v) is 8.86. The van der Waals surface area contributed by atoms with Crippen LogP contribution in [-0.2, 0) is 4.79 Å². The van der Waals surface area contributed by atoms with E-state index in [4.69, 9.17) is 9.47 Å². The lowest BCUT2D eigenvalue weighted by Gasteiger charge is -2.35. The average Bonchev–Trinajstić information content (AvgIpc) is 2.60. The Bertz CT molecular complexity index is 519. The molecule has 0 spiro atoms. The average molecular weight is 334 g/mol. The number of hydrogen-bond donors (Lipinski definition) is 1. The third-order valence-corrected chi connectivity index (χ3v) is 4.52. The summed E-state index contributed by atoms with van der Waals surface area (Å²) in [6.45, 7) is 7.84. The monoisotopic (exact) mass is 334 g/mol. The molecule has 1 unspecified atom stereocenters. The van der Waals surface area contributed by atoms with Crippen LogP contribution in [0.2, 0.25) is 0 Å². The molecule has 24 heavy (non-hydrogen) atoms. The van der Waals surface area contributed by atoms with Crippen LogP contribution in [0.1, 0.15) is 33.1 Å². The van der Waals surface area contributed by atoms with Crippen LogP contribution in [0.4, 0.5) is 0 Å². The molecule has 1 aliphatic rings. The number of amides is 1. The number of carbonyl (C=O) groups excluding carboxylic acids is 1. The Labute approximate surface area is 145 Å². The summed E-state index contributed by atoms with van der Waals surface area (Å²) in [5, 5.41) is 3.05. The Balaban J connectivity index is 1.66. The molecule has 1 heterocycles. The van der Waals surface area contributed by atoms with Crippen LogP contribution in [-0.4, -0.2) is 50.2 Å². The van der Waals surface area contributed by atoms with Crippen LogP contribution in [0, 0.1) is 5.92 Å². The van der Waals surface area contributed by atoms with Crippen LogP contribution in [0.5, 0.6) is 11.5 Å². The molecule has 1 saturated heterocycles. The second-order valence-electron chi connectivity index (χ2n) is 6.65. The number of hydrogen-bond acceptors (Lipinski definition) is 4. The Morgan fingerprint density at radius 1 is 1.33 bits per heavy atom. The van der Waals surface area contributed by atoms with E-state index in [1.807, 2.05) is 24.3 Å². The normalized spacial score (nSPS) is 18.4. The van der Waals surface area contributed by atoms with Crippen molar-refractivity contribution in [2.45, 2.75) is 39.2 Å². The van der Waals surface area contributed by atoms with E-state index in [1.54, 1.807) is 7.11 Å². The maximum atomic E-state index is 12.0. The van der Waals surface area contributed by atoms with Crippen molar-refractivity contribution in [1.82, 2.24) is 10.2 Å². The number of piperidine rings is 1. The van der Waals surface area contributed by atoms with E-state index in [1.165, 1.54) is 19.4 Å². The largest absolute Gasteiger partial charge is 0.493 e. The van der Waals surface area contributed by atoms with Gasteiger partial charge < -0.3 is 19.7 Å². The maximum Gasteiger partial charge on any atom is 0.223 e. The fourth-order valence-electron chi connectivity index (χ4n) is 3.07. The minimum atomic E-state index is 0.0477. The lowest BCUT2D eigenvalue weighted by atomic mass is 9.97. The Hall–Kier alpha value is -1.75. The molecule has 1 amide bonds. The van der Waals surface area contributed by atoms with E-state index in [9.17, 15) is 4.79 Å². The van der Waals surface area contributed by atoms with Gasteiger partial charge in [0, 0.05) is 19.1 Å². The van der Waals surface area contributed by atoms with Gasteiger partial charge in [0.25, 0.3) is 0 Å². The van der Waals surface area contributed by atoms with Gasteiger partial charge in [0.15, 0.2) is 11.5 Å². The molecule has 0 bridgehead atoms. The number of rotatable bonds is 8. The molecule has 0 aromatic heterocycles. The van der Waals surface area contributed by atoms with Crippen molar-refractivity contribution >= 4 is 5.91 Å². The van der Waals surface area contributed by atoms with Gasteiger partial charge in [-0.25, -0.2) is 0 Å². The third kappa shape index (κ3) is 5.71. The molecule has 1 aromatic carbocycles. The van der Waals surface area contributed by atoms with Gasteiger partial charge in [-0.3, -0.25) is 4.79 Å². The highest BCUT2D eigenvalue weighted by Crippen LogP contribution is 2.25. The van der Waals surface area contributed by atoms with E-state index in [2.05, 4.69) is 24.1 Å². The minimum Gasteiger partial charge on any atom is -0.493 e. The number of ether oxygens (including phenoxy) is 2. The van der Waals surface area contributed by atoms with Gasteiger partial charge >= 0.3 is 0 Å². The molecule has 0 radical (unpaired) electrons. The summed E-state index contributed by atoms with van der Waals surface area (Å²) in [6.07, 6.45) is 2.77. The number of nitrogens with one attached hydrogen (secondary N) is 1.